The van der Waals surface area contributed by atoms with Crippen LogP contribution in [0, 0.1) is 5.82 Å². The number of ether oxygens (including phenoxy) is 2. The predicted octanol–water partition coefficient (Wildman–Crippen LogP) is 2.10. The number of carbonyl (C=O) groups is 2. The van der Waals surface area contributed by atoms with Gasteiger partial charge in [0.2, 0.25) is 0 Å². The van der Waals surface area contributed by atoms with Gasteiger partial charge in [0.05, 0.1) is 21.8 Å². The molecule has 35 heavy (non-hydrogen) atoms. The summed E-state index contributed by atoms with van der Waals surface area (Å²) >= 11 is 5.57. The number of rotatable bonds is 14. The quantitative estimate of drug-likeness (QED) is 0.341. The fourth-order valence-corrected chi connectivity index (χ4v) is 4.25. The monoisotopic (exact) mass is 530 g/mol. The third-order valence-electron chi connectivity index (χ3n) is 4.62. The minimum absolute atomic E-state index is 0.0488. The van der Waals surface area contributed by atoms with Crippen LogP contribution in [0.25, 0.3) is 0 Å². The van der Waals surface area contributed by atoms with E-state index in [4.69, 9.17) is 21.1 Å². The van der Waals surface area contributed by atoms with Crippen molar-refractivity contribution in [1.82, 2.24) is 10.6 Å². The van der Waals surface area contributed by atoms with Gasteiger partial charge in [-0.25, -0.2) is 12.8 Å². The molecule has 0 radical (unpaired) electrons. The number of nitrogens with one attached hydrogen (secondary N) is 2. The lowest BCUT2D eigenvalue weighted by atomic mass is 10.2. The molecule has 0 aliphatic carbocycles. The molecule has 3 N–H and O–H groups in total. The molecule has 0 aliphatic heterocycles. The number of halogens is 2. The van der Waals surface area contributed by atoms with Gasteiger partial charge in [-0.15, -0.1) is 0 Å². The second kappa shape index (κ2) is 13.9. The Labute approximate surface area is 208 Å². The van der Waals surface area contributed by atoms with Crippen molar-refractivity contribution in [2.24, 2.45) is 0 Å². The van der Waals surface area contributed by atoms with Gasteiger partial charge in [-0.2, -0.15) is 0 Å². The molecule has 0 bridgehead atoms. The van der Waals surface area contributed by atoms with Gasteiger partial charge in [0, 0.05) is 19.2 Å². The van der Waals surface area contributed by atoms with E-state index in [-0.39, 0.29) is 54.1 Å². The van der Waals surface area contributed by atoms with E-state index in [2.05, 4.69) is 10.6 Å². The van der Waals surface area contributed by atoms with Crippen molar-refractivity contribution in [3.05, 3.63) is 53.3 Å². The lowest BCUT2D eigenvalue weighted by molar-refractivity contribution is -0.124. The van der Waals surface area contributed by atoms with Crippen LogP contribution in [0.3, 0.4) is 0 Å². The summed E-state index contributed by atoms with van der Waals surface area (Å²) in [6.07, 6.45) is -0.218. The highest BCUT2D eigenvalue weighted by Crippen LogP contribution is 2.20. The fraction of sp³-hybridized carbons (Fsp3) is 0.391. The average Bonchev–Trinajstić information content (AvgIpc) is 2.82. The smallest absolute Gasteiger partial charge is 0.258 e. The van der Waals surface area contributed by atoms with Gasteiger partial charge in [-0.1, -0.05) is 18.5 Å². The first kappa shape index (κ1) is 28.3. The maximum atomic E-state index is 13.3. The number of sulfone groups is 1. The average molecular weight is 531 g/mol. The summed E-state index contributed by atoms with van der Waals surface area (Å²) in [4.78, 5) is 23.9. The second-order valence-electron chi connectivity index (χ2n) is 7.54. The summed E-state index contributed by atoms with van der Waals surface area (Å²) < 4.78 is 47.8. The normalized spacial score (nSPS) is 12.0. The molecule has 0 aromatic heterocycles. The molecule has 0 aliphatic rings. The molecular formula is C23H28ClFN2O7S. The Bertz CT molecular complexity index is 1100. The minimum atomic E-state index is -3.32. The zero-order valence-corrected chi connectivity index (χ0v) is 20.7. The predicted molar refractivity (Wildman–Crippen MR) is 128 cm³/mol. The number of hydrogen-bond donors (Lipinski definition) is 3. The third kappa shape index (κ3) is 10.1. The molecule has 2 amide bonds. The van der Waals surface area contributed by atoms with Gasteiger partial charge in [-0.05, 0) is 49.2 Å². The highest BCUT2D eigenvalue weighted by molar-refractivity contribution is 7.91. The summed E-state index contributed by atoms with van der Waals surface area (Å²) in [6, 6.07) is 9.61. The van der Waals surface area contributed by atoms with E-state index in [0.29, 0.717) is 12.2 Å². The Kier molecular flexibility index (Phi) is 11.2. The Morgan fingerprint density at radius 1 is 1.03 bits per heavy atom. The first-order valence-corrected chi connectivity index (χ1v) is 12.9. The maximum Gasteiger partial charge on any atom is 0.258 e. The molecule has 192 valence electrons. The molecule has 9 nitrogen and oxygen atoms in total. The molecule has 0 fully saturated rings. The first-order chi connectivity index (χ1) is 16.6. The Morgan fingerprint density at radius 3 is 2.26 bits per heavy atom. The van der Waals surface area contributed by atoms with Crippen molar-refractivity contribution in [2.75, 3.05) is 32.1 Å². The van der Waals surface area contributed by atoms with E-state index in [1.54, 1.807) is 6.92 Å². The number of amides is 2. The van der Waals surface area contributed by atoms with Crippen molar-refractivity contribution in [1.29, 1.82) is 0 Å². The SMILES string of the molecule is CCCS(=O)(=O)c1ccc(OCC(=O)NC[C@@H](O)CCNC(=O)COc2ccc(Cl)c(F)c2)cc1. The van der Waals surface area contributed by atoms with Crippen LogP contribution in [-0.4, -0.2) is 63.5 Å². The van der Waals surface area contributed by atoms with Crippen molar-refractivity contribution in [3.63, 3.8) is 0 Å². The van der Waals surface area contributed by atoms with E-state index in [0.717, 1.165) is 6.07 Å². The molecule has 0 spiro atoms. The summed E-state index contributed by atoms with van der Waals surface area (Å²) in [5.74, 6) is -1.04. The van der Waals surface area contributed by atoms with E-state index in [9.17, 15) is 27.5 Å². The number of aliphatic hydroxyl groups excluding tert-OH is 1. The zero-order valence-electron chi connectivity index (χ0n) is 19.1. The molecule has 2 aromatic rings. The lowest BCUT2D eigenvalue weighted by Crippen LogP contribution is -2.37. The topological polar surface area (TPSA) is 131 Å². The van der Waals surface area contributed by atoms with E-state index in [1.165, 1.54) is 36.4 Å². The van der Waals surface area contributed by atoms with Gasteiger partial charge in [0.25, 0.3) is 11.8 Å². The van der Waals surface area contributed by atoms with Crippen LogP contribution < -0.4 is 20.1 Å². The van der Waals surface area contributed by atoms with Crippen molar-refractivity contribution in [3.8, 4) is 11.5 Å². The highest BCUT2D eigenvalue weighted by atomic mass is 35.5. The number of aliphatic hydroxyl groups is 1. The van der Waals surface area contributed by atoms with Crippen molar-refractivity contribution >= 4 is 33.3 Å². The second-order valence-corrected chi connectivity index (χ2v) is 10.1. The molecule has 0 saturated carbocycles. The van der Waals surface area contributed by atoms with Crippen LogP contribution >= 0.6 is 11.6 Å². The summed E-state index contributed by atoms with van der Waals surface area (Å²) in [7, 11) is -3.32. The number of benzene rings is 2. The molecule has 0 saturated heterocycles. The van der Waals surface area contributed by atoms with Crippen LogP contribution in [0.4, 0.5) is 4.39 Å². The Hall–Kier alpha value is -2.89. The molecule has 0 heterocycles. The van der Waals surface area contributed by atoms with Gasteiger partial charge in [0.1, 0.15) is 17.3 Å². The molecule has 2 aromatic carbocycles. The number of carbonyl (C=O) groups excluding carboxylic acids is 2. The minimum Gasteiger partial charge on any atom is -0.484 e. The van der Waals surface area contributed by atoms with Crippen LogP contribution in [-0.2, 0) is 19.4 Å². The molecule has 1 atom stereocenters. The Balaban J connectivity index is 1.61. The zero-order chi connectivity index (χ0) is 25.8. The third-order valence-corrected chi connectivity index (χ3v) is 6.86. The molecule has 12 heteroatoms. The Morgan fingerprint density at radius 2 is 1.63 bits per heavy atom. The van der Waals surface area contributed by atoms with Crippen LogP contribution in [0.1, 0.15) is 19.8 Å². The lowest BCUT2D eigenvalue weighted by Gasteiger charge is -2.13. The molecular weight excluding hydrogens is 503 g/mol. The van der Waals surface area contributed by atoms with Crippen molar-refractivity contribution in [2.45, 2.75) is 30.8 Å². The standard InChI is InChI=1S/C23H28ClFN2O7S/c1-2-11-35(31,32)19-6-3-17(4-7-19)33-15-23(30)27-13-16(28)9-10-26-22(29)14-34-18-5-8-20(24)21(25)12-18/h3-8,12,16,28H,2,9-11,13-15H2,1H3,(H,26,29)(H,27,30)/t16-/m0/s1. The van der Waals surface area contributed by atoms with E-state index < -0.39 is 33.6 Å². The van der Waals surface area contributed by atoms with Crippen molar-refractivity contribution < 1.29 is 37.0 Å². The van der Waals surface area contributed by atoms with Gasteiger partial charge in [0.15, 0.2) is 23.1 Å². The molecule has 0 unspecified atom stereocenters. The summed E-state index contributed by atoms with van der Waals surface area (Å²) in [5.41, 5.74) is 0. The van der Waals surface area contributed by atoms with Gasteiger partial charge < -0.3 is 25.2 Å². The largest absolute Gasteiger partial charge is 0.484 e. The van der Waals surface area contributed by atoms with E-state index >= 15 is 0 Å². The van der Waals surface area contributed by atoms with Crippen LogP contribution in [0.15, 0.2) is 47.4 Å². The molecule has 2 rings (SSSR count). The number of hydrogen-bond acceptors (Lipinski definition) is 7. The summed E-state index contributed by atoms with van der Waals surface area (Å²) in [5, 5.41) is 15.0. The first-order valence-electron chi connectivity index (χ1n) is 10.9. The van der Waals surface area contributed by atoms with Gasteiger partial charge >= 0.3 is 0 Å². The fourth-order valence-electron chi connectivity index (χ4n) is 2.81. The maximum absolute atomic E-state index is 13.3. The summed E-state index contributed by atoms with van der Waals surface area (Å²) in [6.45, 7) is 1.22. The van der Waals surface area contributed by atoms with E-state index in [1.807, 2.05) is 0 Å². The highest BCUT2D eigenvalue weighted by Gasteiger charge is 2.13. The van der Waals surface area contributed by atoms with Gasteiger partial charge in [-0.3, -0.25) is 9.59 Å². The van der Waals surface area contributed by atoms with Crippen LogP contribution in [0.2, 0.25) is 5.02 Å². The van der Waals surface area contributed by atoms with Crippen LogP contribution in [0.5, 0.6) is 11.5 Å².